The summed E-state index contributed by atoms with van der Waals surface area (Å²) in [6.07, 6.45) is 7.13. The van der Waals surface area contributed by atoms with Crippen molar-refractivity contribution in [3.05, 3.63) is 17.3 Å². The van der Waals surface area contributed by atoms with Crippen molar-refractivity contribution in [3.8, 4) is 0 Å². The number of rotatable bonds is 4. The van der Waals surface area contributed by atoms with Crippen LogP contribution in [0.2, 0.25) is 6.82 Å². The highest BCUT2D eigenvalue weighted by atomic mass is 32.1. The van der Waals surface area contributed by atoms with Gasteiger partial charge in [0.25, 0.3) is 0 Å². The lowest BCUT2D eigenvalue weighted by molar-refractivity contribution is -0.146. The molecule has 0 unspecified atom stereocenters. The maximum Gasteiger partial charge on any atom is 0.377 e. The Bertz CT molecular complexity index is 1030. The van der Waals surface area contributed by atoms with E-state index in [1.807, 2.05) is 9.71 Å². The number of thiophene rings is 1. The summed E-state index contributed by atoms with van der Waals surface area (Å²) in [5, 5.41) is 11.4. The maximum absolute atomic E-state index is 13.3. The van der Waals surface area contributed by atoms with E-state index >= 15 is 0 Å². The first-order valence-corrected chi connectivity index (χ1v) is 12.4. The number of hydrogen-bond acceptors (Lipinski definition) is 7. The molecule has 6 rings (SSSR count). The van der Waals surface area contributed by atoms with Gasteiger partial charge in [-0.3, -0.25) is 4.79 Å². The van der Waals surface area contributed by atoms with Crippen LogP contribution in [0.15, 0.2) is 12.4 Å². The van der Waals surface area contributed by atoms with Crippen molar-refractivity contribution in [2.24, 2.45) is 10.8 Å². The number of fused-ring (bicyclic) bond motifs is 1. The highest BCUT2D eigenvalue weighted by Crippen LogP contribution is 2.55. The molecule has 1 saturated carbocycles. The van der Waals surface area contributed by atoms with E-state index in [1.165, 1.54) is 23.1 Å². The first kappa shape index (κ1) is 19.9. The quantitative estimate of drug-likeness (QED) is 0.737. The summed E-state index contributed by atoms with van der Waals surface area (Å²) in [5.41, 5.74) is 0.488. The van der Waals surface area contributed by atoms with Gasteiger partial charge in [-0.15, -0.1) is 11.3 Å². The van der Waals surface area contributed by atoms with Crippen molar-refractivity contribution in [1.82, 2.24) is 19.7 Å². The minimum atomic E-state index is -0.551. The molecule has 1 atom stereocenters. The van der Waals surface area contributed by atoms with Gasteiger partial charge in [0.1, 0.15) is 17.0 Å². The van der Waals surface area contributed by atoms with Crippen LogP contribution in [-0.4, -0.2) is 76.4 Å². The van der Waals surface area contributed by atoms with E-state index in [0.29, 0.717) is 5.41 Å². The van der Waals surface area contributed by atoms with Crippen molar-refractivity contribution >= 4 is 40.3 Å². The molecular formula is C22H30BN5O2S. The number of carbonyl (C=O) groups excluding carboxylic acids is 1. The predicted octanol–water partition coefficient (Wildman–Crippen LogP) is 2.26. The summed E-state index contributed by atoms with van der Waals surface area (Å²) in [6, 6.07) is 2.10. The largest absolute Gasteiger partial charge is 0.437 e. The van der Waals surface area contributed by atoms with Gasteiger partial charge in [0.2, 0.25) is 5.91 Å². The van der Waals surface area contributed by atoms with Gasteiger partial charge in [0, 0.05) is 36.5 Å². The van der Waals surface area contributed by atoms with Crippen LogP contribution in [0.3, 0.4) is 0 Å². The highest BCUT2D eigenvalue weighted by Gasteiger charge is 2.58. The fourth-order valence-electron chi connectivity index (χ4n) is 6.07. The first-order valence-electron chi connectivity index (χ1n) is 11.6. The number of aromatic nitrogens is 2. The van der Waals surface area contributed by atoms with Gasteiger partial charge in [-0.2, -0.15) is 0 Å². The van der Waals surface area contributed by atoms with E-state index in [0.717, 1.165) is 62.6 Å². The van der Waals surface area contributed by atoms with Crippen LogP contribution >= 0.6 is 11.3 Å². The van der Waals surface area contributed by atoms with Crippen LogP contribution in [0.25, 0.3) is 10.2 Å². The zero-order valence-corrected chi connectivity index (χ0v) is 19.2. The van der Waals surface area contributed by atoms with Gasteiger partial charge in [-0.25, -0.2) is 9.97 Å². The number of anilines is 1. The molecule has 0 aromatic carbocycles. The Balaban J connectivity index is 1.14. The summed E-state index contributed by atoms with van der Waals surface area (Å²) in [6.45, 7) is 8.45. The van der Waals surface area contributed by atoms with Gasteiger partial charge in [-0.1, -0.05) is 6.92 Å². The number of hydrogen-bond donors (Lipinski definition) is 1. The second-order valence-electron chi connectivity index (χ2n) is 10.4. The molecule has 9 heteroatoms. The van der Waals surface area contributed by atoms with E-state index < -0.39 is 7.05 Å². The lowest BCUT2D eigenvalue weighted by Gasteiger charge is -2.49. The fourth-order valence-corrected chi connectivity index (χ4v) is 7.00. The third-order valence-corrected chi connectivity index (χ3v) is 9.26. The van der Waals surface area contributed by atoms with Crippen molar-refractivity contribution in [1.29, 1.82) is 0 Å². The Kier molecular flexibility index (Phi) is 4.43. The molecule has 2 aromatic heterocycles. The Morgan fingerprint density at radius 2 is 2.03 bits per heavy atom. The molecule has 3 saturated heterocycles. The smallest absolute Gasteiger partial charge is 0.377 e. The highest BCUT2D eigenvalue weighted by molar-refractivity contribution is 7.18. The first-order chi connectivity index (χ1) is 14.9. The molecular weight excluding hydrogens is 409 g/mol. The second-order valence-corrected chi connectivity index (χ2v) is 11.5. The molecule has 7 nitrogen and oxygen atoms in total. The molecule has 0 radical (unpaired) electrons. The van der Waals surface area contributed by atoms with Crippen molar-refractivity contribution < 1.29 is 9.82 Å². The second kappa shape index (κ2) is 6.89. The summed E-state index contributed by atoms with van der Waals surface area (Å²) in [5.74, 6) is 1.28. The van der Waals surface area contributed by atoms with E-state index in [9.17, 15) is 9.82 Å². The number of nitrogens with zero attached hydrogens (tertiary/aromatic N) is 5. The van der Waals surface area contributed by atoms with Gasteiger partial charge in [-0.05, 0) is 57.0 Å². The topological polar surface area (TPSA) is 72.8 Å². The Labute approximate surface area is 187 Å². The molecule has 1 N–H and O–H groups in total. The lowest BCUT2D eigenvalue weighted by Crippen LogP contribution is -2.63. The molecule has 31 heavy (non-hydrogen) atoms. The molecule has 2 aromatic rings. The van der Waals surface area contributed by atoms with Crippen LogP contribution in [0.5, 0.6) is 0 Å². The van der Waals surface area contributed by atoms with Crippen LogP contribution in [0.4, 0.5) is 5.82 Å². The van der Waals surface area contributed by atoms with E-state index in [1.54, 1.807) is 24.5 Å². The zero-order chi connectivity index (χ0) is 21.4. The number of aryl methyl sites for hydroxylation is 1. The van der Waals surface area contributed by atoms with Crippen molar-refractivity contribution in [2.75, 3.05) is 37.6 Å². The lowest BCUT2D eigenvalue weighted by atomic mass is 9.78. The Morgan fingerprint density at radius 3 is 2.74 bits per heavy atom. The zero-order valence-electron chi connectivity index (χ0n) is 18.4. The minimum absolute atomic E-state index is 0.142. The van der Waals surface area contributed by atoms with Crippen molar-refractivity contribution in [3.63, 3.8) is 0 Å². The average molecular weight is 439 g/mol. The fraction of sp³-hybridized carbons (Fsp3) is 0.682. The van der Waals surface area contributed by atoms with E-state index in [4.69, 9.17) is 0 Å². The Hall–Kier alpha value is -1.71. The van der Waals surface area contributed by atoms with Crippen LogP contribution in [-0.2, 0) is 11.2 Å². The monoisotopic (exact) mass is 439 g/mol. The molecule has 5 heterocycles. The van der Waals surface area contributed by atoms with Gasteiger partial charge in [0.05, 0.1) is 11.4 Å². The molecule has 4 aliphatic rings. The number of likely N-dealkylation sites (tertiary alicyclic amines) is 1. The Morgan fingerprint density at radius 1 is 1.23 bits per heavy atom. The molecule has 164 valence electrons. The third-order valence-electron chi connectivity index (χ3n) is 8.08. The molecule has 4 fully saturated rings. The molecule has 1 amide bonds. The summed E-state index contributed by atoms with van der Waals surface area (Å²) in [7, 11) is -0.551. The average Bonchev–Trinajstić information content (AvgIpc) is 3.11. The third kappa shape index (κ3) is 3.19. The normalized spacial score (nSPS) is 26.2. The summed E-state index contributed by atoms with van der Waals surface area (Å²) >= 11 is 1.76. The number of amides is 1. The van der Waals surface area contributed by atoms with Crippen LogP contribution in [0.1, 0.15) is 37.5 Å². The molecule has 2 spiro atoms. The number of carbonyl (C=O) groups is 1. The maximum atomic E-state index is 13.3. The van der Waals surface area contributed by atoms with Crippen LogP contribution < -0.4 is 4.90 Å². The summed E-state index contributed by atoms with van der Waals surface area (Å²) < 4.78 is 0. The van der Waals surface area contributed by atoms with E-state index in [-0.39, 0.29) is 17.4 Å². The van der Waals surface area contributed by atoms with Crippen molar-refractivity contribution in [2.45, 2.75) is 51.9 Å². The molecule has 3 aliphatic heterocycles. The van der Waals surface area contributed by atoms with Crippen LogP contribution in [0, 0.1) is 10.8 Å². The van der Waals surface area contributed by atoms with Gasteiger partial charge < -0.3 is 19.6 Å². The van der Waals surface area contributed by atoms with Gasteiger partial charge >= 0.3 is 7.05 Å². The standard InChI is InChI=1S/C22H30BN5O2S/c1-3-15-8-16-18(24-14-25-19(16)31-15)26-7-6-22(10-26)11-27(12-22)20(29)17-9-21(4-5-21)13-28(17)23(2)30/h8,14,17,30H,3-7,9-13H2,1-2H3/t17-/m0/s1. The SMILES string of the molecule is CCc1cc2c(N3CCC4(CN(C(=O)[C@@H]5CC6(CC6)CN5B(C)O)C4)C3)ncnc2s1. The minimum Gasteiger partial charge on any atom is -0.437 e. The molecule has 0 bridgehead atoms. The molecule has 1 aliphatic carbocycles. The van der Waals surface area contributed by atoms with E-state index in [2.05, 4.69) is 27.9 Å². The van der Waals surface area contributed by atoms with Gasteiger partial charge in [0.15, 0.2) is 0 Å². The predicted molar refractivity (Wildman–Crippen MR) is 123 cm³/mol. The summed E-state index contributed by atoms with van der Waals surface area (Å²) in [4.78, 5) is 31.3.